The van der Waals surface area contributed by atoms with Crippen LogP contribution in [0.1, 0.15) is 63.0 Å². The number of rotatable bonds is 14. The fraction of sp³-hybridized carbons (Fsp3) is 0.619. The van der Waals surface area contributed by atoms with E-state index in [1.807, 2.05) is 6.92 Å². The van der Waals surface area contributed by atoms with Crippen LogP contribution < -0.4 is 5.32 Å². The Kier molecular flexibility index (Phi) is 12.2. The number of aryl methyl sites for hydroxylation is 1. The van der Waals surface area contributed by atoms with Crippen molar-refractivity contribution in [2.45, 2.75) is 64.8 Å². The summed E-state index contributed by atoms with van der Waals surface area (Å²) in [6.07, 6.45) is 7.19. The molecule has 0 aromatic heterocycles. The summed E-state index contributed by atoms with van der Waals surface area (Å²) in [7, 11) is 1.44. The van der Waals surface area contributed by atoms with Crippen molar-refractivity contribution in [2.24, 2.45) is 0 Å². The van der Waals surface area contributed by atoms with Crippen LogP contribution in [-0.2, 0) is 32.0 Å². The zero-order valence-corrected chi connectivity index (χ0v) is 16.2. The van der Waals surface area contributed by atoms with Crippen LogP contribution in [0.5, 0.6) is 0 Å². The molecule has 0 aliphatic heterocycles. The molecule has 1 N–H and O–H groups in total. The van der Waals surface area contributed by atoms with Gasteiger partial charge in [0.1, 0.15) is 0 Å². The van der Waals surface area contributed by atoms with Crippen LogP contribution in [0.3, 0.4) is 0 Å². The first-order valence-electron chi connectivity index (χ1n) is 9.66. The van der Waals surface area contributed by atoms with Gasteiger partial charge in [0, 0.05) is 19.4 Å². The van der Waals surface area contributed by atoms with Crippen molar-refractivity contribution in [1.82, 2.24) is 5.32 Å². The quantitative estimate of drug-likeness (QED) is 0.402. The summed E-state index contributed by atoms with van der Waals surface area (Å²) < 4.78 is 9.56. The maximum atomic E-state index is 11.4. The predicted molar refractivity (Wildman–Crippen MR) is 103 cm³/mol. The smallest absolute Gasteiger partial charge is 0.306 e. The molecule has 0 saturated carbocycles. The second-order valence-corrected chi connectivity index (χ2v) is 6.39. The van der Waals surface area contributed by atoms with Gasteiger partial charge in [0.05, 0.1) is 13.7 Å². The molecule has 5 nitrogen and oxygen atoms in total. The molecule has 0 radical (unpaired) electrons. The van der Waals surface area contributed by atoms with Gasteiger partial charge in [-0.2, -0.15) is 0 Å². The molecule has 0 unspecified atom stereocenters. The topological polar surface area (TPSA) is 64.6 Å². The van der Waals surface area contributed by atoms with E-state index < -0.39 is 0 Å². The van der Waals surface area contributed by atoms with Crippen molar-refractivity contribution in [1.29, 1.82) is 0 Å². The van der Waals surface area contributed by atoms with E-state index in [-0.39, 0.29) is 11.9 Å². The van der Waals surface area contributed by atoms with Crippen LogP contribution in [0.15, 0.2) is 24.3 Å². The van der Waals surface area contributed by atoms with E-state index in [4.69, 9.17) is 4.74 Å². The van der Waals surface area contributed by atoms with Crippen LogP contribution in [-0.4, -0.2) is 32.2 Å². The van der Waals surface area contributed by atoms with Crippen molar-refractivity contribution in [3.63, 3.8) is 0 Å². The Morgan fingerprint density at radius 1 is 0.885 bits per heavy atom. The first-order chi connectivity index (χ1) is 12.7. The van der Waals surface area contributed by atoms with Crippen LogP contribution >= 0.6 is 0 Å². The number of methoxy groups -OCH3 is 1. The minimum atomic E-state index is -0.136. The van der Waals surface area contributed by atoms with E-state index in [1.54, 1.807) is 0 Å². The molecular weight excluding hydrogens is 330 g/mol. The third-order valence-electron chi connectivity index (χ3n) is 4.24. The van der Waals surface area contributed by atoms with E-state index in [9.17, 15) is 9.59 Å². The number of nitrogens with one attached hydrogen (secondary N) is 1. The Bertz CT molecular complexity index is 513. The first-order valence-corrected chi connectivity index (χ1v) is 9.66. The largest absolute Gasteiger partial charge is 0.469 e. The lowest BCUT2D eigenvalue weighted by Gasteiger charge is -2.07. The van der Waals surface area contributed by atoms with Gasteiger partial charge >= 0.3 is 11.9 Å². The molecule has 26 heavy (non-hydrogen) atoms. The Labute approximate surface area is 157 Å². The lowest BCUT2D eigenvalue weighted by Crippen LogP contribution is -2.14. The maximum absolute atomic E-state index is 11.4. The molecule has 0 bridgehead atoms. The van der Waals surface area contributed by atoms with E-state index in [2.05, 4.69) is 34.3 Å². The average molecular weight is 363 g/mol. The minimum Gasteiger partial charge on any atom is -0.469 e. The van der Waals surface area contributed by atoms with Crippen molar-refractivity contribution in [3.8, 4) is 0 Å². The monoisotopic (exact) mass is 363 g/mol. The number of esters is 2. The van der Waals surface area contributed by atoms with Crippen molar-refractivity contribution < 1.29 is 19.1 Å². The summed E-state index contributed by atoms with van der Waals surface area (Å²) in [4.78, 5) is 22.3. The van der Waals surface area contributed by atoms with Gasteiger partial charge in [-0.15, -0.1) is 0 Å². The molecule has 0 fully saturated rings. The lowest BCUT2D eigenvalue weighted by atomic mass is 10.1. The molecule has 146 valence electrons. The van der Waals surface area contributed by atoms with Gasteiger partial charge < -0.3 is 14.8 Å². The fourth-order valence-corrected chi connectivity index (χ4v) is 2.69. The second kappa shape index (κ2) is 14.3. The van der Waals surface area contributed by atoms with Crippen LogP contribution in [0.2, 0.25) is 0 Å². The fourth-order valence-electron chi connectivity index (χ4n) is 2.69. The van der Waals surface area contributed by atoms with Gasteiger partial charge in [-0.1, -0.05) is 43.5 Å². The number of carbonyl (C=O) groups excluding carboxylic acids is 2. The molecule has 0 saturated heterocycles. The molecule has 1 rings (SSSR count). The van der Waals surface area contributed by atoms with E-state index in [0.29, 0.717) is 19.4 Å². The number of benzene rings is 1. The summed E-state index contributed by atoms with van der Waals surface area (Å²) in [6, 6.07) is 8.38. The van der Waals surface area contributed by atoms with Gasteiger partial charge in [0.15, 0.2) is 0 Å². The van der Waals surface area contributed by atoms with Gasteiger partial charge in [-0.3, -0.25) is 9.59 Å². The third-order valence-corrected chi connectivity index (χ3v) is 4.24. The Morgan fingerprint density at radius 3 is 2.23 bits per heavy atom. The zero-order valence-electron chi connectivity index (χ0n) is 16.2. The first kappa shape index (κ1) is 22.2. The molecule has 0 heterocycles. The molecule has 0 aliphatic carbocycles. The number of unbranched alkanes of at least 4 members (excludes halogenated alkanes) is 4. The van der Waals surface area contributed by atoms with Crippen molar-refractivity contribution in [2.75, 3.05) is 20.3 Å². The predicted octanol–water partition coefficient (Wildman–Crippen LogP) is 3.79. The van der Waals surface area contributed by atoms with E-state index >= 15 is 0 Å². The maximum Gasteiger partial charge on any atom is 0.306 e. The highest BCUT2D eigenvalue weighted by Gasteiger charge is 2.03. The summed E-state index contributed by atoms with van der Waals surface area (Å²) in [5.74, 6) is -0.248. The van der Waals surface area contributed by atoms with Crippen LogP contribution in [0, 0.1) is 0 Å². The highest BCUT2D eigenvalue weighted by molar-refractivity contribution is 5.69. The second-order valence-electron chi connectivity index (χ2n) is 6.39. The van der Waals surface area contributed by atoms with Crippen molar-refractivity contribution >= 4 is 11.9 Å². The summed E-state index contributed by atoms with van der Waals surface area (Å²) in [5, 5.41) is 3.46. The number of ether oxygens (including phenoxy) is 2. The van der Waals surface area contributed by atoms with Gasteiger partial charge in [0.2, 0.25) is 0 Å². The van der Waals surface area contributed by atoms with E-state index in [1.165, 1.54) is 19.1 Å². The van der Waals surface area contributed by atoms with Gasteiger partial charge in [0.25, 0.3) is 0 Å². The highest BCUT2D eigenvalue weighted by Crippen LogP contribution is 2.08. The van der Waals surface area contributed by atoms with Gasteiger partial charge in [-0.05, 0) is 43.9 Å². The summed E-state index contributed by atoms with van der Waals surface area (Å²) in [6.45, 7) is 4.13. The van der Waals surface area contributed by atoms with Crippen LogP contribution in [0.4, 0.5) is 0 Å². The Balaban J connectivity index is 2.04. The summed E-state index contributed by atoms with van der Waals surface area (Å²) in [5.41, 5.74) is 2.41. The number of carbonyl (C=O) groups is 2. The highest BCUT2D eigenvalue weighted by atomic mass is 16.5. The summed E-state index contributed by atoms with van der Waals surface area (Å²) >= 11 is 0. The zero-order chi connectivity index (χ0) is 19.0. The number of hydrogen-bond donors (Lipinski definition) is 1. The molecular formula is C21H33NO4. The van der Waals surface area contributed by atoms with Gasteiger partial charge in [-0.25, -0.2) is 0 Å². The number of hydrogen-bond acceptors (Lipinski definition) is 5. The molecule has 1 aromatic rings. The molecule has 5 heteroatoms. The SMILES string of the molecule is CCOC(=O)CCc1ccc(CNCCCCCCCC(=O)OC)cc1. The standard InChI is InChI=1S/C21H33NO4/c1-3-26-21(24)15-14-18-10-12-19(13-11-18)17-22-16-8-6-4-5-7-9-20(23)25-2/h10-13,22H,3-9,14-17H2,1-2H3. The van der Waals surface area contributed by atoms with Crippen LogP contribution in [0.25, 0.3) is 0 Å². The molecule has 0 atom stereocenters. The average Bonchev–Trinajstić information content (AvgIpc) is 2.66. The Morgan fingerprint density at radius 2 is 1.54 bits per heavy atom. The normalized spacial score (nSPS) is 10.5. The third kappa shape index (κ3) is 10.9. The van der Waals surface area contributed by atoms with E-state index in [0.717, 1.165) is 50.8 Å². The minimum absolute atomic E-state index is 0.112. The molecule has 0 aliphatic rings. The molecule has 0 spiro atoms. The Hall–Kier alpha value is -1.88. The molecule has 0 amide bonds. The molecule has 1 aromatic carbocycles. The van der Waals surface area contributed by atoms with Crippen molar-refractivity contribution in [3.05, 3.63) is 35.4 Å². The lowest BCUT2D eigenvalue weighted by molar-refractivity contribution is -0.143.